The van der Waals surface area contributed by atoms with Crippen LogP contribution in [0.25, 0.3) is 0 Å². The van der Waals surface area contributed by atoms with Crippen molar-refractivity contribution in [3.05, 3.63) is 58.7 Å². The smallest absolute Gasteiger partial charge is 0.416 e. The molecule has 1 saturated heterocycles. The first-order chi connectivity index (χ1) is 18.1. The van der Waals surface area contributed by atoms with E-state index >= 15 is 0 Å². The van der Waals surface area contributed by atoms with E-state index in [0.29, 0.717) is 25.6 Å². The first kappa shape index (κ1) is 29.8. The van der Waals surface area contributed by atoms with Gasteiger partial charge in [-0.2, -0.15) is 13.2 Å². The number of hydrogen-bond donors (Lipinski definition) is 4. The monoisotopic (exact) mass is 549 g/mol. The van der Waals surface area contributed by atoms with Crippen LogP contribution >= 0.6 is 0 Å². The van der Waals surface area contributed by atoms with E-state index in [2.05, 4.69) is 20.9 Å². The summed E-state index contributed by atoms with van der Waals surface area (Å²) in [7, 11) is 0. The average molecular weight is 550 g/mol. The second-order valence-electron chi connectivity index (χ2n) is 10.5. The Morgan fingerprint density at radius 1 is 1.10 bits per heavy atom. The summed E-state index contributed by atoms with van der Waals surface area (Å²) >= 11 is 0. The number of nitrogen functional groups attached to an aromatic ring is 1. The molecule has 3 amide bonds. The van der Waals surface area contributed by atoms with Crippen LogP contribution < -0.4 is 21.7 Å². The Hall–Kier alpha value is -3.80. The minimum atomic E-state index is -4.71. The van der Waals surface area contributed by atoms with E-state index in [1.165, 1.54) is 0 Å². The molecule has 0 saturated carbocycles. The number of ether oxygens (including phenoxy) is 1. The summed E-state index contributed by atoms with van der Waals surface area (Å²) in [5.41, 5.74) is 6.20. The highest BCUT2D eigenvalue weighted by atomic mass is 19.4. The molecule has 0 aromatic heterocycles. The maximum Gasteiger partial charge on any atom is 0.416 e. The quantitative estimate of drug-likeness (QED) is 0.386. The molecule has 0 unspecified atom stereocenters. The third kappa shape index (κ3) is 8.88. The lowest BCUT2D eigenvalue weighted by Gasteiger charge is -2.21. The largest absolute Gasteiger partial charge is 0.444 e. The summed E-state index contributed by atoms with van der Waals surface area (Å²) in [6.07, 6.45) is -4.94. The molecule has 1 atom stereocenters. The fraction of sp³-hybridized carbons (Fsp3) is 0.444. The topological polar surface area (TPSA) is 126 Å². The summed E-state index contributed by atoms with van der Waals surface area (Å²) in [6, 6.07) is 8.08. The van der Waals surface area contributed by atoms with Gasteiger partial charge in [0.1, 0.15) is 5.60 Å². The molecule has 2 aromatic rings. The zero-order valence-electron chi connectivity index (χ0n) is 22.4. The van der Waals surface area contributed by atoms with E-state index in [-0.39, 0.29) is 11.7 Å². The molecule has 0 aliphatic carbocycles. The zero-order valence-corrected chi connectivity index (χ0v) is 22.4. The van der Waals surface area contributed by atoms with Gasteiger partial charge >= 0.3 is 12.3 Å². The van der Waals surface area contributed by atoms with Gasteiger partial charge in [-0.1, -0.05) is 12.1 Å². The molecule has 212 valence electrons. The lowest BCUT2D eigenvalue weighted by Crippen LogP contribution is -2.43. The number of amides is 3. The molecule has 12 heteroatoms. The number of carbonyl (C=O) groups is 3. The number of alkyl halides is 3. The summed E-state index contributed by atoms with van der Waals surface area (Å²) in [5.74, 6) is -1.43. The molecule has 1 fully saturated rings. The van der Waals surface area contributed by atoms with Gasteiger partial charge in [0.05, 0.1) is 23.4 Å². The molecule has 1 aliphatic heterocycles. The van der Waals surface area contributed by atoms with Crippen LogP contribution in [-0.2, 0) is 22.3 Å². The van der Waals surface area contributed by atoms with Gasteiger partial charge in [0.15, 0.2) is 0 Å². The summed E-state index contributed by atoms with van der Waals surface area (Å²) in [5, 5.41) is 7.48. The van der Waals surface area contributed by atoms with Crippen LogP contribution in [0.3, 0.4) is 0 Å². The number of anilines is 2. The van der Waals surface area contributed by atoms with E-state index in [1.807, 2.05) is 25.1 Å². The van der Waals surface area contributed by atoms with Crippen LogP contribution in [0.2, 0.25) is 0 Å². The van der Waals surface area contributed by atoms with Gasteiger partial charge in [0, 0.05) is 31.4 Å². The number of nitrogens with one attached hydrogen (secondary N) is 3. The van der Waals surface area contributed by atoms with Crippen LogP contribution in [0.15, 0.2) is 36.4 Å². The standard InChI is InChI=1S/C27H34F3N5O4/c1-16-5-6-17(11-21(16)31)14-35-10-9-19(15-35)33-23(36)13-32-24(37)20-12-18(27(28,29)30)7-8-22(20)34-25(38)39-26(2,3)4/h5-8,11-12,19H,9-10,13-15,31H2,1-4H3,(H,32,37)(H,33,36)(H,34,38)/t19-/m1/s1. The molecule has 39 heavy (non-hydrogen) atoms. The first-order valence-corrected chi connectivity index (χ1v) is 12.5. The summed E-state index contributed by atoms with van der Waals surface area (Å²) < 4.78 is 45.0. The van der Waals surface area contributed by atoms with Gasteiger partial charge in [0.25, 0.3) is 5.91 Å². The number of aryl methyl sites for hydroxylation is 1. The number of benzene rings is 2. The number of nitrogens with two attached hydrogens (primary N) is 1. The van der Waals surface area contributed by atoms with Crippen molar-refractivity contribution in [1.29, 1.82) is 0 Å². The van der Waals surface area contributed by atoms with Gasteiger partial charge in [-0.25, -0.2) is 4.79 Å². The zero-order chi connectivity index (χ0) is 29.0. The van der Waals surface area contributed by atoms with Crippen molar-refractivity contribution in [2.75, 3.05) is 30.7 Å². The Morgan fingerprint density at radius 2 is 1.82 bits per heavy atom. The molecule has 9 nitrogen and oxygen atoms in total. The highest BCUT2D eigenvalue weighted by Crippen LogP contribution is 2.32. The SMILES string of the molecule is Cc1ccc(CN2CC[C@@H](NC(=O)CNC(=O)c3cc(C(F)(F)F)ccc3NC(=O)OC(C)(C)C)C2)cc1N. The van der Waals surface area contributed by atoms with Crippen molar-refractivity contribution in [1.82, 2.24) is 15.5 Å². The lowest BCUT2D eigenvalue weighted by molar-refractivity contribution is -0.137. The maximum absolute atomic E-state index is 13.3. The van der Waals surface area contributed by atoms with E-state index in [1.54, 1.807) is 20.8 Å². The van der Waals surface area contributed by atoms with Crippen molar-refractivity contribution in [3.63, 3.8) is 0 Å². The Labute approximate surface area is 225 Å². The highest BCUT2D eigenvalue weighted by Gasteiger charge is 2.32. The van der Waals surface area contributed by atoms with Gasteiger partial charge in [-0.3, -0.25) is 19.8 Å². The van der Waals surface area contributed by atoms with E-state index in [4.69, 9.17) is 10.5 Å². The van der Waals surface area contributed by atoms with Gasteiger partial charge in [-0.15, -0.1) is 0 Å². The number of rotatable bonds is 7. The molecule has 0 radical (unpaired) electrons. The van der Waals surface area contributed by atoms with Crippen LogP contribution in [-0.4, -0.2) is 54.1 Å². The maximum atomic E-state index is 13.3. The van der Waals surface area contributed by atoms with Crippen LogP contribution in [0, 0.1) is 6.92 Å². The predicted octanol–water partition coefficient (Wildman–Crippen LogP) is 4.06. The van der Waals surface area contributed by atoms with Crippen molar-refractivity contribution < 1.29 is 32.3 Å². The Balaban J connectivity index is 1.58. The van der Waals surface area contributed by atoms with E-state index < -0.39 is 47.4 Å². The number of carbonyl (C=O) groups excluding carboxylic acids is 3. The third-order valence-electron chi connectivity index (χ3n) is 6.02. The molecular weight excluding hydrogens is 515 g/mol. The van der Waals surface area contributed by atoms with Crippen LogP contribution in [0.4, 0.5) is 29.3 Å². The van der Waals surface area contributed by atoms with E-state index in [9.17, 15) is 27.6 Å². The molecule has 2 aromatic carbocycles. The molecular formula is C27H34F3N5O4. The Bertz CT molecular complexity index is 1230. The molecule has 5 N–H and O–H groups in total. The minimum Gasteiger partial charge on any atom is -0.444 e. The van der Waals surface area contributed by atoms with Crippen LogP contribution in [0.5, 0.6) is 0 Å². The van der Waals surface area contributed by atoms with Crippen molar-refractivity contribution in [3.8, 4) is 0 Å². The van der Waals surface area contributed by atoms with Gasteiger partial charge < -0.3 is 21.1 Å². The molecule has 1 aliphatic rings. The summed E-state index contributed by atoms with van der Waals surface area (Å²) in [4.78, 5) is 39.6. The predicted molar refractivity (Wildman–Crippen MR) is 141 cm³/mol. The minimum absolute atomic E-state index is 0.143. The Kier molecular flexibility index (Phi) is 9.10. The Morgan fingerprint density at radius 3 is 2.46 bits per heavy atom. The fourth-order valence-corrected chi connectivity index (χ4v) is 4.11. The average Bonchev–Trinajstić information content (AvgIpc) is 3.24. The molecule has 3 rings (SSSR count). The molecule has 0 bridgehead atoms. The van der Waals surface area contributed by atoms with Crippen molar-refractivity contribution in [2.24, 2.45) is 0 Å². The lowest BCUT2D eigenvalue weighted by atomic mass is 10.1. The number of likely N-dealkylation sites (tertiary alicyclic amines) is 1. The molecule has 0 spiro atoms. The second kappa shape index (κ2) is 11.9. The molecule has 1 heterocycles. The van der Waals surface area contributed by atoms with Gasteiger partial charge in [-0.05, 0) is 69.5 Å². The van der Waals surface area contributed by atoms with Crippen molar-refractivity contribution in [2.45, 2.75) is 58.5 Å². The fourth-order valence-electron chi connectivity index (χ4n) is 4.11. The highest BCUT2D eigenvalue weighted by molar-refractivity contribution is 6.04. The van der Waals surface area contributed by atoms with Crippen LogP contribution in [0.1, 0.15) is 54.2 Å². The van der Waals surface area contributed by atoms with Gasteiger partial charge in [0.2, 0.25) is 5.91 Å². The summed E-state index contributed by atoms with van der Waals surface area (Å²) in [6.45, 7) is 8.38. The number of hydrogen-bond acceptors (Lipinski definition) is 6. The first-order valence-electron chi connectivity index (χ1n) is 12.5. The normalized spacial score (nSPS) is 16.0. The third-order valence-corrected chi connectivity index (χ3v) is 6.02. The number of halogens is 3. The van der Waals surface area contributed by atoms with E-state index in [0.717, 1.165) is 35.5 Å². The van der Waals surface area contributed by atoms with Crippen molar-refractivity contribution >= 4 is 29.3 Å². The second-order valence-corrected chi connectivity index (χ2v) is 10.5. The number of nitrogens with zero attached hydrogens (tertiary/aromatic N) is 1.